The maximum Gasteiger partial charge on any atom is 0.193 e. The smallest absolute Gasteiger partial charge is 0.193 e. The van der Waals surface area contributed by atoms with Crippen LogP contribution < -0.4 is 5.32 Å². The number of nitrogens with zero attached hydrogens (tertiary/aromatic N) is 3. The van der Waals surface area contributed by atoms with Gasteiger partial charge in [0.05, 0.1) is 0 Å². The molecular weight excluding hydrogens is 467 g/mol. The number of hydrogen-bond acceptors (Lipinski definition) is 3. The Labute approximate surface area is 186 Å². The van der Waals surface area contributed by atoms with Crippen molar-refractivity contribution in [3.63, 3.8) is 0 Å². The Morgan fingerprint density at radius 3 is 2.74 bits per heavy atom. The summed E-state index contributed by atoms with van der Waals surface area (Å²) in [4.78, 5) is 9.63. The van der Waals surface area contributed by atoms with E-state index in [1.165, 1.54) is 30.7 Å². The largest absolute Gasteiger partial charge is 0.356 e. The lowest BCUT2D eigenvalue weighted by Crippen LogP contribution is -2.49. The first-order chi connectivity index (χ1) is 12.7. The van der Waals surface area contributed by atoms with Crippen LogP contribution in [0.1, 0.15) is 32.3 Å². The summed E-state index contributed by atoms with van der Waals surface area (Å²) in [7, 11) is 1.92. The molecule has 3 atom stereocenters. The van der Waals surface area contributed by atoms with E-state index in [2.05, 4.69) is 76.1 Å². The van der Waals surface area contributed by atoms with Crippen LogP contribution in [0.2, 0.25) is 0 Å². The second kappa shape index (κ2) is 11.5. The summed E-state index contributed by atoms with van der Waals surface area (Å²) in [5.74, 6) is 3.01. The molecule has 3 unspecified atom stereocenters. The van der Waals surface area contributed by atoms with E-state index < -0.39 is 0 Å². The van der Waals surface area contributed by atoms with Gasteiger partial charge in [-0.2, -0.15) is 11.8 Å². The molecule has 4 nitrogen and oxygen atoms in total. The number of hydrogen-bond donors (Lipinski definition) is 1. The maximum absolute atomic E-state index is 4.56. The number of guanidine groups is 1. The average molecular weight is 503 g/mol. The van der Waals surface area contributed by atoms with Gasteiger partial charge in [0.25, 0.3) is 0 Å². The number of rotatable bonds is 5. The van der Waals surface area contributed by atoms with E-state index in [-0.39, 0.29) is 24.0 Å². The van der Waals surface area contributed by atoms with Gasteiger partial charge in [0, 0.05) is 56.8 Å². The van der Waals surface area contributed by atoms with Crippen LogP contribution in [0, 0.1) is 5.92 Å². The van der Waals surface area contributed by atoms with E-state index in [0.717, 1.165) is 37.4 Å². The topological polar surface area (TPSA) is 30.9 Å². The Balaban J connectivity index is 0.00000261. The Morgan fingerprint density at radius 1 is 1.26 bits per heavy atom. The summed E-state index contributed by atoms with van der Waals surface area (Å²) in [6, 6.07) is 11.5. The van der Waals surface area contributed by atoms with Gasteiger partial charge >= 0.3 is 0 Å². The lowest BCUT2D eigenvalue weighted by atomic mass is 10.1. The zero-order chi connectivity index (χ0) is 18.4. The van der Waals surface area contributed by atoms with Gasteiger partial charge in [-0.05, 0) is 31.2 Å². The Bertz CT molecular complexity index is 583. The van der Waals surface area contributed by atoms with Crippen LogP contribution in [0.25, 0.3) is 0 Å². The molecule has 0 aromatic heterocycles. The average Bonchev–Trinajstić information content (AvgIpc) is 3.02. The van der Waals surface area contributed by atoms with Gasteiger partial charge < -0.3 is 10.2 Å². The Morgan fingerprint density at radius 2 is 2.04 bits per heavy atom. The first-order valence-electron chi connectivity index (χ1n) is 10.0. The summed E-state index contributed by atoms with van der Waals surface area (Å²) in [6.45, 7) is 10.2. The summed E-state index contributed by atoms with van der Waals surface area (Å²) in [5.41, 5.74) is 1.42. The highest BCUT2D eigenvalue weighted by atomic mass is 127. The minimum atomic E-state index is 0. The zero-order valence-electron chi connectivity index (χ0n) is 16.9. The standard InChI is InChI=1S/C21H34N4S.HI/c1-4-20-16-24(10-11-26-20)21(22-3)23-13-19-12-17(2)25(15-19)14-18-8-6-5-7-9-18;/h5-9,17,19-20H,4,10-16H2,1-3H3,(H,22,23);1H. The van der Waals surface area contributed by atoms with Gasteiger partial charge in [0.15, 0.2) is 5.96 Å². The molecule has 0 radical (unpaired) electrons. The van der Waals surface area contributed by atoms with Crippen molar-refractivity contribution >= 4 is 41.7 Å². The van der Waals surface area contributed by atoms with Crippen LogP contribution in [-0.2, 0) is 6.54 Å². The summed E-state index contributed by atoms with van der Waals surface area (Å²) in [6.07, 6.45) is 2.51. The van der Waals surface area contributed by atoms with Crippen molar-refractivity contribution in [3.05, 3.63) is 35.9 Å². The summed E-state index contributed by atoms with van der Waals surface area (Å²) in [5, 5.41) is 4.42. The molecule has 0 amide bonds. The molecule has 1 N–H and O–H groups in total. The van der Waals surface area contributed by atoms with Crippen LogP contribution in [-0.4, -0.2) is 66.0 Å². The molecule has 152 valence electrons. The van der Waals surface area contributed by atoms with Gasteiger partial charge in [0.1, 0.15) is 0 Å². The van der Waals surface area contributed by atoms with Crippen molar-refractivity contribution in [1.29, 1.82) is 0 Å². The third-order valence-corrected chi connectivity index (χ3v) is 7.05. The number of aliphatic imine (C=N–C) groups is 1. The molecule has 2 fully saturated rings. The molecule has 1 aromatic rings. The number of nitrogens with one attached hydrogen (secondary N) is 1. The molecule has 2 aliphatic heterocycles. The molecule has 0 saturated carbocycles. The quantitative estimate of drug-likeness (QED) is 0.376. The first-order valence-corrected chi connectivity index (χ1v) is 11.1. The van der Waals surface area contributed by atoms with Gasteiger partial charge in [-0.3, -0.25) is 9.89 Å². The molecule has 6 heteroatoms. The van der Waals surface area contributed by atoms with Gasteiger partial charge in [0.2, 0.25) is 0 Å². The molecule has 2 saturated heterocycles. The number of halogens is 1. The second-order valence-corrected chi connectivity index (χ2v) is 9.05. The normalized spacial score (nSPS) is 26.7. The second-order valence-electron chi connectivity index (χ2n) is 7.64. The molecule has 1 aromatic carbocycles. The van der Waals surface area contributed by atoms with Crippen molar-refractivity contribution in [2.75, 3.05) is 39.0 Å². The third-order valence-electron chi connectivity index (χ3n) is 5.67. The molecule has 3 rings (SSSR count). The first kappa shape index (κ1) is 22.8. The molecule has 0 spiro atoms. The highest BCUT2D eigenvalue weighted by molar-refractivity contribution is 14.0. The number of thioether (sulfide) groups is 1. The van der Waals surface area contributed by atoms with Crippen LogP contribution in [0.3, 0.4) is 0 Å². The highest BCUT2D eigenvalue weighted by Crippen LogP contribution is 2.25. The maximum atomic E-state index is 4.56. The predicted molar refractivity (Wildman–Crippen MR) is 129 cm³/mol. The van der Waals surface area contributed by atoms with Gasteiger partial charge in [-0.1, -0.05) is 37.3 Å². The van der Waals surface area contributed by atoms with E-state index in [1.54, 1.807) is 0 Å². The SMILES string of the molecule is CCC1CN(C(=NC)NCC2CC(C)N(Cc3ccccc3)C2)CCS1.I. The van der Waals surface area contributed by atoms with Crippen molar-refractivity contribution in [2.45, 2.75) is 44.5 Å². The van der Waals surface area contributed by atoms with Crippen LogP contribution in [0.4, 0.5) is 0 Å². The lowest BCUT2D eigenvalue weighted by Gasteiger charge is -2.34. The Kier molecular flexibility index (Phi) is 9.73. The number of likely N-dealkylation sites (tertiary alicyclic amines) is 1. The fourth-order valence-electron chi connectivity index (χ4n) is 4.13. The van der Waals surface area contributed by atoms with E-state index >= 15 is 0 Å². The van der Waals surface area contributed by atoms with Crippen molar-refractivity contribution in [2.24, 2.45) is 10.9 Å². The highest BCUT2D eigenvalue weighted by Gasteiger charge is 2.29. The molecule has 0 bridgehead atoms. The van der Waals surface area contributed by atoms with Crippen molar-refractivity contribution < 1.29 is 0 Å². The van der Waals surface area contributed by atoms with Gasteiger partial charge in [-0.25, -0.2) is 0 Å². The fraction of sp³-hybridized carbons (Fsp3) is 0.667. The molecule has 2 heterocycles. The summed E-state index contributed by atoms with van der Waals surface area (Å²) < 4.78 is 0. The van der Waals surface area contributed by atoms with E-state index in [1.807, 2.05) is 7.05 Å². The monoisotopic (exact) mass is 502 g/mol. The van der Waals surface area contributed by atoms with E-state index in [0.29, 0.717) is 12.0 Å². The minimum absolute atomic E-state index is 0. The predicted octanol–water partition coefficient (Wildman–Crippen LogP) is 3.92. The molecular formula is C21H35IN4S. The minimum Gasteiger partial charge on any atom is -0.356 e. The van der Waals surface area contributed by atoms with Crippen LogP contribution in [0.15, 0.2) is 35.3 Å². The third kappa shape index (κ3) is 6.53. The summed E-state index contributed by atoms with van der Waals surface area (Å²) >= 11 is 2.11. The molecule has 2 aliphatic rings. The molecule has 27 heavy (non-hydrogen) atoms. The van der Waals surface area contributed by atoms with Crippen LogP contribution in [0.5, 0.6) is 0 Å². The number of benzene rings is 1. The zero-order valence-corrected chi connectivity index (χ0v) is 20.1. The molecule has 0 aliphatic carbocycles. The van der Waals surface area contributed by atoms with Crippen LogP contribution >= 0.6 is 35.7 Å². The lowest BCUT2D eigenvalue weighted by molar-refractivity contribution is 0.255. The van der Waals surface area contributed by atoms with Gasteiger partial charge in [-0.15, -0.1) is 24.0 Å². The fourth-order valence-corrected chi connectivity index (χ4v) is 5.31. The van der Waals surface area contributed by atoms with E-state index in [9.17, 15) is 0 Å². The van der Waals surface area contributed by atoms with Crippen molar-refractivity contribution in [3.8, 4) is 0 Å². The van der Waals surface area contributed by atoms with E-state index in [4.69, 9.17) is 0 Å². The van der Waals surface area contributed by atoms with Crippen molar-refractivity contribution in [1.82, 2.24) is 15.1 Å². The Hall–Kier alpha value is -0.470.